The van der Waals surface area contributed by atoms with Gasteiger partial charge in [-0.05, 0) is 60.5 Å². The van der Waals surface area contributed by atoms with Gasteiger partial charge in [0, 0.05) is 36.0 Å². The summed E-state index contributed by atoms with van der Waals surface area (Å²) in [5.74, 6) is 1.58. The van der Waals surface area contributed by atoms with E-state index in [0.29, 0.717) is 37.6 Å². The van der Waals surface area contributed by atoms with Gasteiger partial charge in [-0.3, -0.25) is 10.2 Å². The average molecular weight is 582 g/mol. The zero-order valence-electron chi connectivity index (χ0n) is 21.4. The summed E-state index contributed by atoms with van der Waals surface area (Å²) in [6.07, 6.45) is 0.388. The molecule has 200 valence electrons. The maximum absolute atomic E-state index is 13.7. The first-order valence-corrected chi connectivity index (χ1v) is 13.2. The number of aliphatic hydroxyl groups excluding tert-OH is 1. The molecule has 1 amide bonds. The second kappa shape index (κ2) is 12.9. The molecule has 3 N–H and O–H groups in total. The lowest BCUT2D eigenvalue weighted by atomic mass is 9.86. The Bertz CT molecular complexity index is 1250. The first-order chi connectivity index (χ1) is 18.4. The summed E-state index contributed by atoms with van der Waals surface area (Å²) in [7, 11) is 1.62. The monoisotopic (exact) mass is 581 g/mol. The highest BCUT2D eigenvalue weighted by atomic mass is 79.9. The van der Waals surface area contributed by atoms with Crippen molar-refractivity contribution in [3.05, 3.63) is 94.0 Å². The molecule has 0 bridgehead atoms. The highest BCUT2D eigenvalue weighted by molar-refractivity contribution is 9.10. The predicted octanol–water partition coefficient (Wildman–Crippen LogP) is 4.19. The topological polar surface area (TPSA) is 101 Å². The van der Waals surface area contributed by atoms with E-state index in [1.807, 2.05) is 79.7 Å². The van der Waals surface area contributed by atoms with E-state index in [0.717, 1.165) is 26.9 Å². The third-order valence-corrected chi connectivity index (χ3v) is 7.17. The van der Waals surface area contributed by atoms with Crippen LogP contribution in [0, 0.1) is 0 Å². The number of nitrogens with one attached hydrogen (secondary N) is 2. The van der Waals surface area contributed by atoms with Gasteiger partial charge in [0.15, 0.2) is 5.54 Å². The minimum Gasteiger partial charge on any atom is -0.497 e. The normalized spacial score (nSPS) is 18.4. The Morgan fingerprint density at radius 1 is 1.08 bits per heavy atom. The number of rotatable bonds is 12. The zero-order chi connectivity index (χ0) is 27.0. The van der Waals surface area contributed by atoms with E-state index >= 15 is 0 Å². The van der Waals surface area contributed by atoms with Crippen LogP contribution in [-0.2, 0) is 22.5 Å². The van der Waals surface area contributed by atoms with Crippen LogP contribution in [0.3, 0.4) is 0 Å². The van der Waals surface area contributed by atoms with Crippen LogP contribution in [0.5, 0.6) is 11.5 Å². The molecule has 0 aliphatic carbocycles. The van der Waals surface area contributed by atoms with E-state index in [1.165, 1.54) is 0 Å². The fraction of sp³-hybridized carbons (Fsp3) is 0.310. The van der Waals surface area contributed by atoms with Gasteiger partial charge in [0.05, 0.1) is 13.7 Å². The summed E-state index contributed by atoms with van der Waals surface area (Å²) < 4.78 is 17.9. The van der Waals surface area contributed by atoms with Crippen molar-refractivity contribution in [2.24, 2.45) is 4.99 Å². The summed E-state index contributed by atoms with van der Waals surface area (Å²) in [6, 6.07) is 22.8. The van der Waals surface area contributed by atoms with E-state index < -0.39 is 11.6 Å². The van der Waals surface area contributed by atoms with Crippen LogP contribution in [0.4, 0.5) is 0 Å². The standard InChI is InChI=1S/C29H32BrN3O5/c1-20-29(18-23-6-3-4-7-26(23)30,28(35)33-31-19-21-8-12-24(36-2)13-9-21)32-27(38-20)22-10-14-25(15-11-22)37-17-5-16-34/h3-4,6-15,20,31,34H,5,16-19H2,1-2H3,(H,33,35)/t20-,29-/m0/s1. The van der Waals surface area contributed by atoms with Gasteiger partial charge in [0.2, 0.25) is 5.90 Å². The van der Waals surface area contributed by atoms with Crippen molar-refractivity contribution in [2.45, 2.75) is 38.0 Å². The molecule has 0 unspecified atom stereocenters. The number of ether oxygens (including phenoxy) is 3. The van der Waals surface area contributed by atoms with Crippen molar-refractivity contribution < 1.29 is 24.1 Å². The third kappa shape index (κ3) is 6.53. The number of hydrogen-bond acceptors (Lipinski definition) is 7. The molecular formula is C29H32BrN3O5. The summed E-state index contributed by atoms with van der Waals surface area (Å²) in [5.41, 5.74) is 7.40. The number of carbonyl (C=O) groups excluding carboxylic acids is 1. The fourth-order valence-corrected chi connectivity index (χ4v) is 4.58. The van der Waals surface area contributed by atoms with Gasteiger partial charge >= 0.3 is 0 Å². The summed E-state index contributed by atoms with van der Waals surface area (Å²) in [6.45, 7) is 2.81. The van der Waals surface area contributed by atoms with Crippen molar-refractivity contribution in [1.29, 1.82) is 0 Å². The molecule has 4 rings (SSSR count). The highest BCUT2D eigenvalue weighted by Crippen LogP contribution is 2.34. The molecule has 0 radical (unpaired) electrons. The summed E-state index contributed by atoms with van der Waals surface area (Å²) >= 11 is 3.61. The number of methoxy groups -OCH3 is 1. The molecule has 1 heterocycles. The Morgan fingerprint density at radius 2 is 1.79 bits per heavy atom. The van der Waals surface area contributed by atoms with Crippen molar-refractivity contribution >= 4 is 27.7 Å². The lowest BCUT2D eigenvalue weighted by Gasteiger charge is -2.28. The molecule has 38 heavy (non-hydrogen) atoms. The van der Waals surface area contributed by atoms with E-state index in [1.54, 1.807) is 7.11 Å². The Kier molecular flexibility index (Phi) is 9.38. The lowest BCUT2D eigenvalue weighted by Crippen LogP contribution is -2.55. The van der Waals surface area contributed by atoms with Gasteiger partial charge in [-0.1, -0.05) is 46.3 Å². The molecule has 8 nitrogen and oxygen atoms in total. The van der Waals surface area contributed by atoms with Crippen LogP contribution < -0.4 is 20.3 Å². The number of hydrazine groups is 1. The van der Waals surface area contributed by atoms with Crippen molar-refractivity contribution in [2.75, 3.05) is 20.3 Å². The molecule has 0 saturated carbocycles. The number of benzene rings is 3. The van der Waals surface area contributed by atoms with E-state index in [9.17, 15) is 4.79 Å². The quantitative estimate of drug-likeness (QED) is 0.219. The number of aliphatic hydroxyl groups is 1. The van der Waals surface area contributed by atoms with Crippen LogP contribution in [-0.4, -0.2) is 48.9 Å². The van der Waals surface area contributed by atoms with E-state index in [2.05, 4.69) is 26.8 Å². The van der Waals surface area contributed by atoms with Crippen LogP contribution in [0.15, 0.2) is 82.3 Å². The first kappa shape index (κ1) is 27.6. The number of aliphatic imine (C=N–C) groups is 1. The molecule has 0 saturated heterocycles. The van der Waals surface area contributed by atoms with Crippen LogP contribution in [0.1, 0.15) is 30.0 Å². The molecule has 9 heteroatoms. The van der Waals surface area contributed by atoms with Crippen LogP contribution in [0.25, 0.3) is 0 Å². The minimum atomic E-state index is -1.19. The maximum Gasteiger partial charge on any atom is 0.266 e. The summed E-state index contributed by atoms with van der Waals surface area (Å²) in [5, 5.41) is 8.95. The van der Waals surface area contributed by atoms with Gasteiger partial charge < -0.3 is 19.3 Å². The zero-order valence-corrected chi connectivity index (χ0v) is 23.0. The third-order valence-electron chi connectivity index (χ3n) is 6.40. The maximum atomic E-state index is 13.7. The largest absolute Gasteiger partial charge is 0.497 e. The predicted molar refractivity (Wildman–Crippen MR) is 149 cm³/mol. The van der Waals surface area contributed by atoms with Crippen molar-refractivity contribution in [3.8, 4) is 11.5 Å². The van der Waals surface area contributed by atoms with Gasteiger partial charge in [0.1, 0.15) is 17.6 Å². The smallest absolute Gasteiger partial charge is 0.266 e. The van der Waals surface area contributed by atoms with E-state index in [4.69, 9.17) is 24.3 Å². The summed E-state index contributed by atoms with van der Waals surface area (Å²) in [4.78, 5) is 18.6. The molecule has 1 aliphatic heterocycles. The molecular weight excluding hydrogens is 550 g/mol. The Labute approximate surface area is 231 Å². The average Bonchev–Trinajstić information content (AvgIpc) is 3.27. The van der Waals surface area contributed by atoms with Gasteiger partial charge in [0.25, 0.3) is 5.91 Å². The molecule has 1 aliphatic rings. The Morgan fingerprint density at radius 3 is 2.47 bits per heavy atom. The molecule has 0 aromatic heterocycles. The van der Waals surface area contributed by atoms with Gasteiger partial charge in [-0.15, -0.1) is 0 Å². The van der Waals surface area contributed by atoms with Crippen LogP contribution >= 0.6 is 15.9 Å². The second-order valence-corrected chi connectivity index (χ2v) is 9.83. The Balaban J connectivity index is 1.55. The van der Waals surface area contributed by atoms with Crippen LogP contribution in [0.2, 0.25) is 0 Å². The second-order valence-electron chi connectivity index (χ2n) is 8.98. The number of nitrogens with zero attached hydrogens (tertiary/aromatic N) is 1. The SMILES string of the molecule is COc1ccc(CNNC(=O)[C@@]2(Cc3ccccc3Br)N=C(c3ccc(OCCCO)cc3)O[C@H]2C)cc1. The number of amides is 1. The number of carbonyl (C=O) groups is 1. The highest BCUT2D eigenvalue weighted by Gasteiger charge is 2.50. The van der Waals surface area contributed by atoms with Gasteiger partial charge in [-0.2, -0.15) is 0 Å². The number of hydrogen-bond donors (Lipinski definition) is 3. The molecule has 3 aromatic carbocycles. The first-order valence-electron chi connectivity index (χ1n) is 12.5. The number of halogens is 1. The lowest BCUT2D eigenvalue weighted by molar-refractivity contribution is -0.129. The molecule has 3 aromatic rings. The molecule has 2 atom stereocenters. The molecule has 0 spiro atoms. The molecule has 0 fully saturated rings. The van der Waals surface area contributed by atoms with Gasteiger partial charge in [-0.25, -0.2) is 10.4 Å². The van der Waals surface area contributed by atoms with E-state index in [-0.39, 0.29) is 12.5 Å². The Hall–Kier alpha value is -3.40. The fourth-order valence-electron chi connectivity index (χ4n) is 4.15. The van der Waals surface area contributed by atoms with Crippen molar-refractivity contribution in [1.82, 2.24) is 10.9 Å². The minimum absolute atomic E-state index is 0.0806. The van der Waals surface area contributed by atoms with Crippen molar-refractivity contribution in [3.63, 3.8) is 0 Å².